The normalized spacial score (nSPS) is 15.0. The van der Waals surface area contributed by atoms with Gasteiger partial charge in [-0.25, -0.2) is 10.4 Å². The molecule has 0 bridgehead atoms. The molecule has 0 saturated heterocycles. The van der Waals surface area contributed by atoms with Crippen LogP contribution in [0.15, 0.2) is 35.7 Å². The first-order valence-electron chi connectivity index (χ1n) is 4.89. The van der Waals surface area contributed by atoms with E-state index in [0.717, 1.165) is 16.6 Å². The summed E-state index contributed by atoms with van der Waals surface area (Å²) in [7, 11) is 0. The maximum absolute atomic E-state index is 11.0. The summed E-state index contributed by atoms with van der Waals surface area (Å²) < 4.78 is 0. The summed E-state index contributed by atoms with van der Waals surface area (Å²) in [6.07, 6.45) is 3.74. The molecule has 1 N–H and O–H groups in total. The summed E-state index contributed by atoms with van der Waals surface area (Å²) in [6, 6.07) is 5.61. The van der Waals surface area contributed by atoms with Gasteiger partial charge in [0.2, 0.25) is 5.91 Å². The molecule has 0 unspecified atom stereocenters. The zero-order valence-electron chi connectivity index (χ0n) is 8.34. The Hall–Kier alpha value is -2.30. The molecule has 5 nitrogen and oxygen atoms in total. The topological polar surface area (TPSA) is 67.2 Å². The van der Waals surface area contributed by atoms with Gasteiger partial charge < -0.3 is 0 Å². The Morgan fingerprint density at radius 2 is 2.19 bits per heavy atom. The minimum Gasteiger partial charge on any atom is -0.273 e. The smallest absolute Gasteiger partial charge is 0.246 e. The predicted molar refractivity (Wildman–Crippen MR) is 58.8 cm³/mol. The molecule has 16 heavy (non-hydrogen) atoms. The number of aromatic nitrogens is 2. The second kappa shape index (κ2) is 3.37. The highest BCUT2D eigenvalue weighted by molar-refractivity contribution is 6.13. The molecule has 78 valence electrons. The molecule has 0 spiro atoms. The molecule has 1 amide bonds. The van der Waals surface area contributed by atoms with Gasteiger partial charge in [-0.1, -0.05) is 0 Å². The van der Waals surface area contributed by atoms with Crippen LogP contribution in [0.1, 0.15) is 12.1 Å². The lowest BCUT2D eigenvalue weighted by Gasteiger charge is -2.00. The fourth-order valence-electron chi connectivity index (χ4n) is 1.63. The standard InChI is InChI=1S/C11H8N4O/c16-11-5-10(14-15-11)9-2-1-7-6-12-4-3-8(7)13-9/h1-4,6H,5H2,(H,15,16). The molecule has 0 aromatic carbocycles. The Balaban J connectivity index is 2.09. The summed E-state index contributed by atoms with van der Waals surface area (Å²) in [5, 5.41) is 4.91. The third-order valence-electron chi connectivity index (χ3n) is 2.43. The molecule has 3 rings (SSSR count). The summed E-state index contributed by atoms with van der Waals surface area (Å²) in [5.41, 5.74) is 4.69. The molecular weight excluding hydrogens is 204 g/mol. The Morgan fingerprint density at radius 3 is 3.00 bits per heavy atom. The minimum absolute atomic E-state index is 0.0911. The number of carbonyl (C=O) groups is 1. The number of pyridine rings is 2. The van der Waals surface area contributed by atoms with E-state index in [1.54, 1.807) is 12.4 Å². The zero-order chi connectivity index (χ0) is 11.0. The fourth-order valence-corrected chi connectivity index (χ4v) is 1.63. The van der Waals surface area contributed by atoms with E-state index in [1.165, 1.54) is 0 Å². The van der Waals surface area contributed by atoms with E-state index in [-0.39, 0.29) is 5.91 Å². The second-order valence-corrected chi connectivity index (χ2v) is 3.54. The number of hydrazone groups is 1. The van der Waals surface area contributed by atoms with Gasteiger partial charge in [-0.15, -0.1) is 0 Å². The number of rotatable bonds is 1. The van der Waals surface area contributed by atoms with Crippen LogP contribution in [0.25, 0.3) is 10.9 Å². The van der Waals surface area contributed by atoms with Crippen molar-refractivity contribution in [3.63, 3.8) is 0 Å². The van der Waals surface area contributed by atoms with Crippen molar-refractivity contribution in [2.45, 2.75) is 6.42 Å². The van der Waals surface area contributed by atoms with Gasteiger partial charge >= 0.3 is 0 Å². The van der Waals surface area contributed by atoms with Crippen LogP contribution < -0.4 is 5.43 Å². The van der Waals surface area contributed by atoms with Gasteiger partial charge in [0.15, 0.2) is 0 Å². The first-order valence-corrected chi connectivity index (χ1v) is 4.89. The number of fused-ring (bicyclic) bond motifs is 1. The lowest BCUT2D eigenvalue weighted by Crippen LogP contribution is -2.09. The maximum Gasteiger partial charge on any atom is 0.246 e. The van der Waals surface area contributed by atoms with Gasteiger partial charge in [0.05, 0.1) is 23.3 Å². The average molecular weight is 212 g/mol. The van der Waals surface area contributed by atoms with Crippen molar-refractivity contribution in [1.29, 1.82) is 0 Å². The molecule has 5 heteroatoms. The van der Waals surface area contributed by atoms with E-state index >= 15 is 0 Å². The number of hydrogen-bond acceptors (Lipinski definition) is 4. The Kier molecular flexibility index (Phi) is 1.89. The Morgan fingerprint density at radius 1 is 1.25 bits per heavy atom. The van der Waals surface area contributed by atoms with Crippen LogP contribution in [-0.4, -0.2) is 21.6 Å². The van der Waals surface area contributed by atoms with Crippen LogP contribution in [0.5, 0.6) is 0 Å². The van der Waals surface area contributed by atoms with Crippen LogP contribution in [-0.2, 0) is 4.79 Å². The highest BCUT2D eigenvalue weighted by Crippen LogP contribution is 2.13. The van der Waals surface area contributed by atoms with Crippen LogP contribution in [0, 0.1) is 0 Å². The second-order valence-electron chi connectivity index (χ2n) is 3.54. The molecule has 2 aromatic rings. The van der Waals surface area contributed by atoms with E-state index in [4.69, 9.17) is 0 Å². The van der Waals surface area contributed by atoms with E-state index in [1.807, 2.05) is 18.2 Å². The molecule has 1 aliphatic heterocycles. The van der Waals surface area contributed by atoms with Crippen molar-refractivity contribution < 1.29 is 4.79 Å². The van der Waals surface area contributed by atoms with Gasteiger partial charge in [0.25, 0.3) is 0 Å². The molecule has 0 saturated carbocycles. The number of nitrogens with one attached hydrogen (secondary N) is 1. The highest BCUT2D eigenvalue weighted by Gasteiger charge is 2.17. The number of carbonyl (C=O) groups excluding carboxylic acids is 1. The summed E-state index contributed by atoms with van der Waals surface area (Å²) >= 11 is 0. The molecule has 0 fully saturated rings. The molecule has 0 aliphatic carbocycles. The predicted octanol–water partition coefficient (Wildman–Crippen LogP) is 0.854. The van der Waals surface area contributed by atoms with E-state index in [0.29, 0.717) is 12.1 Å². The van der Waals surface area contributed by atoms with E-state index < -0.39 is 0 Å². The van der Waals surface area contributed by atoms with Gasteiger partial charge in [-0.05, 0) is 18.2 Å². The van der Waals surface area contributed by atoms with Gasteiger partial charge in [-0.2, -0.15) is 5.10 Å². The number of amides is 1. The summed E-state index contributed by atoms with van der Waals surface area (Å²) in [4.78, 5) is 19.5. The molecule has 3 heterocycles. The van der Waals surface area contributed by atoms with Crippen molar-refractivity contribution in [1.82, 2.24) is 15.4 Å². The van der Waals surface area contributed by atoms with Crippen molar-refractivity contribution in [2.75, 3.05) is 0 Å². The molecule has 0 atom stereocenters. The third kappa shape index (κ3) is 1.42. The van der Waals surface area contributed by atoms with Gasteiger partial charge in [-0.3, -0.25) is 9.78 Å². The van der Waals surface area contributed by atoms with Crippen LogP contribution in [0.2, 0.25) is 0 Å². The Labute approximate surface area is 91.2 Å². The van der Waals surface area contributed by atoms with Crippen molar-refractivity contribution in [2.24, 2.45) is 5.10 Å². The molecule has 0 radical (unpaired) electrons. The number of nitrogens with zero attached hydrogens (tertiary/aromatic N) is 3. The van der Waals surface area contributed by atoms with Crippen LogP contribution in [0.4, 0.5) is 0 Å². The first-order chi connectivity index (χ1) is 7.83. The monoisotopic (exact) mass is 212 g/mol. The lowest BCUT2D eigenvalue weighted by molar-refractivity contribution is -0.119. The van der Waals surface area contributed by atoms with Crippen molar-refractivity contribution >= 4 is 22.5 Å². The fraction of sp³-hybridized carbons (Fsp3) is 0.0909. The third-order valence-corrected chi connectivity index (χ3v) is 2.43. The first kappa shape index (κ1) is 8.96. The maximum atomic E-state index is 11.0. The highest BCUT2D eigenvalue weighted by atomic mass is 16.2. The van der Waals surface area contributed by atoms with E-state index in [9.17, 15) is 4.79 Å². The molecular formula is C11H8N4O. The Bertz CT molecular complexity index is 606. The molecule has 2 aromatic heterocycles. The number of hydrogen-bond donors (Lipinski definition) is 1. The average Bonchev–Trinajstić information content (AvgIpc) is 2.75. The van der Waals surface area contributed by atoms with Gasteiger partial charge in [0.1, 0.15) is 0 Å². The summed E-state index contributed by atoms with van der Waals surface area (Å²) in [6.45, 7) is 0. The van der Waals surface area contributed by atoms with Crippen molar-refractivity contribution in [3.8, 4) is 0 Å². The SMILES string of the molecule is O=C1CC(c2ccc3cnccc3n2)=NN1. The largest absolute Gasteiger partial charge is 0.273 e. The van der Waals surface area contributed by atoms with Crippen LogP contribution >= 0.6 is 0 Å². The quantitative estimate of drug-likeness (QED) is 0.762. The van der Waals surface area contributed by atoms with Crippen LogP contribution in [0.3, 0.4) is 0 Å². The van der Waals surface area contributed by atoms with Gasteiger partial charge in [0, 0.05) is 17.8 Å². The minimum atomic E-state index is -0.0911. The molecule has 1 aliphatic rings. The van der Waals surface area contributed by atoms with Crippen molar-refractivity contribution in [3.05, 3.63) is 36.3 Å². The summed E-state index contributed by atoms with van der Waals surface area (Å²) in [5.74, 6) is -0.0911. The lowest BCUT2D eigenvalue weighted by atomic mass is 10.1. The van der Waals surface area contributed by atoms with E-state index in [2.05, 4.69) is 20.5 Å². The zero-order valence-corrected chi connectivity index (χ0v) is 8.34.